The highest BCUT2D eigenvalue weighted by Gasteiger charge is 2.10. The van der Waals surface area contributed by atoms with Crippen molar-refractivity contribution >= 4 is 22.3 Å². The van der Waals surface area contributed by atoms with Crippen molar-refractivity contribution < 1.29 is 4.79 Å². The maximum Gasteiger partial charge on any atom is 0.251 e. The Balaban J connectivity index is 1.48. The number of fused-ring (bicyclic) bond motifs is 2. The summed E-state index contributed by atoms with van der Waals surface area (Å²) in [4.78, 5) is 12.5. The zero-order chi connectivity index (χ0) is 16.4. The van der Waals surface area contributed by atoms with E-state index in [4.69, 9.17) is 0 Å². The second kappa shape index (κ2) is 6.12. The monoisotopic (exact) mass is 316 g/mol. The Labute approximate surface area is 139 Å². The predicted molar refractivity (Wildman–Crippen MR) is 93.0 cm³/mol. The Morgan fingerprint density at radius 3 is 2.75 bits per heavy atom. The van der Waals surface area contributed by atoms with Crippen molar-refractivity contribution in [3.63, 3.8) is 0 Å². The van der Waals surface area contributed by atoms with Crippen LogP contribution < -0.4 is 5.32 Å². The van der Waals surface area contributed by atoms with Gasteiger partial charge < -0.3 is 5.32 Å². The number of hydrogen-bond acceptors (Lipinski definition) is 3. The van der Waals surface area contributed by atoms with Gasteiger partial charge in [-0.1, -0.05) is 42.5 Å². The van der Waals surface area contributed by atoms with Crippen LogP contribution in [0.25, 0.3) is 16.4 Å². The van der Waals surface area contributed by atoms with Crippen LogP contribution in [0.1, 0.15) is 16.2 Å². The molecule has 0 bridgehead atoms. The summed E-state index contributed by atoms with van der Waals surface area (Å²) in [6.45, 7) is 0.512. The van der Waals surface area contributed by atoms with Crippen LogP contribution in [0.2, 0.25) is 0 Å². The Morgan fingerprint density at radius 2 is 1.79 bits per heavy atom. The molecule has 0 saturated carbocycles. The number of nitrogens with one attached hydrogen (secondary N) is 1. The van der Waals surface area contributed by atoms with Crippen LogP contribution >= 0.6 is 0 Å². The molecule has 5 heteroatoms. The lowest BCUT2D eigenvalue weighted by molar-refractivity contribution is 0.0955. The molecule has 0 radical (unpaired) electrons. The van der Waals surface area contributed by atoms with E-state index in [1.54, 1.807) is 0 Å². The second-order valence-corrected chi connectivity index (χ2v) is 5.58. The van der Waals surface area contributed by atoms with E-state index in [0.717, 1.165) is 22.2 Å². The fraction of sp³-hybridized carbons (Fsp3) is 0.105. The normalized spacial score (nSPS) is 11.0. The molecule has 2 aromatic heterocycles. The maximum absolute atomic E-state index is 12.5. The standard InChI is InChI=1S/C19H16N4O/c24-19(16-9-5-7-14-6-1-2-8-15(14)16)20-12-11-18-22-21-17-10-3-4-13-23(17)18/h1-10,13H,11-12H2,(H,20,24). The van der Waals surface area contributed by atoms with E-state index in [-0.39, 0.29) is 5.91 Å². The largest absolute Gasteiger partial charge is 0.352 e. The van der Waals surface area contributed by atoms with E-state index in [2.05, 4.69) is 15.5 Å². The van der Waals surface area contributed by atoms with Crippen molar-refractivity contribution in [1.82, 2.24) is 19.9 Å². The van der Waals surface area contributed by atoms with Crippen LogP contribution in [0.3, 0.4) is 0 Å². The molecule has 24 heavy (non-hydrogen) atoms. The van der Waals surface area contributed by atoms with Gasteiger partial charge in [-0.2, -0.15) is 0 Å². The third-order valence-electron chi connectivity index (χ3n) is 4.05. The molecule has 1 N–H and O–H groups in total. The molecule has 4 rings (SSSR count). The minimum absolute atomic E-state index is 0.0689. The summed E-state index contributed by atoms with van der Waals surface area (Å²) in [5, 5.41) is 13.3. The van der Waals surface area contributed by atoms with Crippen LogP contribution in [0.15, 0.2) is 66.9 Å². The lowest BCUT2D eigenvalue weighted by atomic mass is 10.0. The molecule has 0 atom stereocenters. The van der Waals surface area contributed by atoms with Crippen LogP contribution in [-0.4, -0.2) is 27.0 Å². The number of amides is 1. The van der Waals surface area contributed by atoms with Gasteiger partial charge in [-0.3, -0.25) is 9.20 Å². The third-order valence-corrected chi connectivity index (χ3v) is 4.05. The molecule has 0 unspecified atom stereocenters. The minimum atomic E-state index is -0.0689. The molecule has 118 valence electrons. The zero-order valence-electron chi connectivity index (χ0n) is 13.0. The molecule has 0 saturated heterocycles. The number of rotatable bonds is 4. The summed E-state index contributed by atoms with van der Waals surface area (Å²) in [5.41, 5.74) is 1.51. The zero-order valence-corrected chi connectivity index (χ0v) is 13.0. The van der Waals surface area contributed by atoms with Gasteiger partial charge in [0.2, 0.25) is 0 Å². The van der Waals surface area contributed by atoms with Gasteiger partial charge in [0.15, 0.2) is 5.65 Å². The quantitative estimate of drug-likeness (QED) is 0.630. The average molecular weight is 316 g/mol. The van der Waals surface area contributed by atoms with E-state index >= 15 is 0 Å². The Morgan fingerprint density at radius 1 is 0.958 bits per heavy atom. The molecule has 0 aliphatic heterocycles. The van der Waals surface area contributed by atoms with E-state index in [0.29, 0.717) is 18.5 Å². The van der Waals surface area contributed by atoms with Gasteiger partial charge in [0.05, 0.1) is 0 Å². The molecule has 4 aromatic rings. The fourth-order valence-electron chi connectivity index (χ4n) is 2.87. The molecule has 5 nitrogen and oxygen atoms in total. The van der Waals surface area contributed by atoms with Crippen molar-refractivity contribution in [1.29, 1.82) is 0 Å². The second-order valence-electron chi connectivity index (χ2n) is 5.58. The number of hydrogen-bond donors (Lipinski definition) is 1. The Bertz CT molecular complexity index is 1020. The first-order valence-electron chi connectivity index (χ1n) is 7.87. The highest BCUT2D eigenvalue weighted by molar-refractivity contribution is 6.06. The van der Waals surface area contributed by atoms with Gasteiger partial charge in [-0.15, -0.1) is 10.2 Å². The van der Waals surface area contributed by atoms with Crippen LogP contribution in [0.5, 0.6) is 0 Å². The van der Waals surface area contributed by atoms with Crippen LogP contribution in [0, 0.1) is 0 Å². The van der Waals surface area contributed by atoms with Crippen molar-refractivity contribution in [2.75, 3.05) is 6.54 Å². The molecule has 1 amide bonds. The van der Waals surface area contributed by atoms with Gasteiger partial charge in [-0.25, -0.2) is 0 Å². The summed E-state index contributed by atoms with van der Waals surface area (Å²) in [6.07, 6.45) is 2.55. The SMILES string of the molecule is O=C(NCCc1nnc2ccccn12)c1cccc2ccccc12. The van der Waals surface area contributed by atoms with Crippen molar-refractivity contribution in [3.8, 4) is 0 Å². The molecule has 0 aliphatic carbocycles. The highest BCUT2D eigenvalue weighted by atomic mass is 16.1. The summed E-state index contributed by atoms with van der Waals surface area (Å²) in [5.74, 6) is 0.768. The molecule has 0 aliphatic rings. The number of pyridine rings is 1. The number of nitrogens with zero attached hydrogens (tertiary/aromatic N) is 3. The van der Waals surface area contributed by atoms with Gasteiger partial charge in [0.1, 0.15) is 5.82 Å². The van der Waals surface area contributed by atoms with Crippen LogP contribution in [0.4, 0.5) is 0 Å². The maximum atomic E-state index is 12.5. The van der Waals surface area contributed by atoms with Crippen molar-refractivity contribution in [2.24, 2.45) is 0 Å². The number of carbonyl (C=O) groups excluding carboxylic acids is 1. The van der Waals surface area contributed by atoms with Gasteiger partial charge in [-0.05, 0) is 29.0 Å². The lowest BCUT2D eigenvalue weighted by Gasteiger charge is -2.07. The third kappa shape index (κ3) is 2.60. The first kappa shape index (κ1) is 14.4. The van der Waals surface area contributed by atoms with E-state index in [1.165, 1.54) is 0 Å². The Hall–Kier alpha value is -3.21. The minimum Gasteiger partial charge on any atom is -0.352 e. The number of aromatic nitrogens is 3. The fourth-order valence-corrected chi connectivity index (χ4v) is 2.87. The summed E-state index contributed by atoms with van der Waals surface area (Å²) in [7, 11) is 0. The van der Waals surface area contributed by atoms with Gasteiger partial charge >= 0.3 is 0 Å². The number of benzene rings is 2. The average Bonchev–Trinajstić information content (AvgIpc) is 3.04. The molecular formula is C19H16N4O. The smallest absolute Gasteiger partial charge is 0.251 e. The van der Waals surface area contributed by atoms with Crippen molar-refractivity contribution in [3.05, 3.63) is 78.2 Å². The van der Waals surface area contributed by atoms with E-state index < -0.39 is 0 Å². The molecule has 0 spiro atoms. The van der Waals surface area contributed by atoms with E-state index in [9.17, 15) is 4.79 Å². The van der Waals surface area contributed by atoms with Crippen molar-refractivity contribution in [2.45, 2.75) is 6.42 Å². The lowest BCUT2D eigenvalue weighted by Crippen LogP contribution is -2.26. The first-order valence-corrected chi connectivity index (χ1v) is 7.87. The van der Waals surface area contributed by atoms with Gasteiger partial charge in [0.25, 0.3) is 5.91 Å². The molecule has 2 heterocycles. The highest BCUT2D eigenvalue weighted by Crippen LogP contribution is 2.18. The topological polar surface area (TPSA) is 59.3 Å². The van der Waals surface area contributed by atoms with Crippen LogP contribution in [-0.2, 0) is 6.42 Å². The summed E-state index contributed by atoms with van der Waals surface area (Å²) >= 11 is 0. The molecule has 2 aromatic carbocycles. The predicted octanol–water partition coefficient (Wildman–Crippen LogP) is 2.86. The summed E-state index contributed by atoms with van der Waals surface area (Å²) in [6, 6.07) is 19.4. The summed E-state index contributed by atoms with van der Waals surface area (Å²) < 4.78 is 1.93. The first-order chi connectivity index (χ1) is 11.8. The molecular weight excluding hydrogens is 300 g/mol. The number of carbonyl (C=O) groups is 1. The molecule has 0 fully saturated rings. The van der Waals surface area contributed by atoms with E-state index in [1.807, 2.05) is 71.3 Å². The Kier molecular flexibility index (Phi) is 3.67. The van der Waals surface area contributed by atoms with Gasteiger partial charge in [0, 0.05) is 24.7 Å².